The Hall–Kier alpha value is -1.83. The van der Waals surface area contributed by atoms with Crippen LogP contribution in [0.4, 0.5) is 5.82 Å². The lowest BCUT2D eigenvalue weighted by Crippen LogP contribution is -1.96. The van der Waals surface area contributed by atoms with Crippen molar-refractivity contribution in [3.8, 4) is 0 Å². The summed E-state index contributed by atoms with van der Waals surface area (Å²) in [4.78, 5) is 4.48. The Morgan fingerprint density at radius 3 is 2.53 bits per heavy atom. The lowest BCUT2D eigenvalue weighted by molar-refractivity contribution is 1.07. The van der Waals surface area contributed by atoms with Crippen molar-refractivity contribution in [3.63, 3.8) is 0 Å². The summed E-state index contributed by atoms with van der Waals surface area (Å²) in [5.41, 5.74) is 2.38. The van der Waals surface area contributed by atoms with Gasteiger partial charge in [0.1, 0.15) is 5.82 Å². The summed E-state index contributed by atoms with van der Waals surface area (Å²) in [5, 5.41) is 3.04. The van der Waals surface area contributed by atoms with E-state index in [2.05, 4.69) is 34.6 Å². The minimum atomic E-state index is 0.885. The lowest BCUT2D eigenvalue weighted by atomic mass is 10.1. The molecule has 0 aliphatic rings. The fourth-order valence-electron chi connectivity index (χ4n) is 1.52. The van der Waals surface area contributed by atoms with E-state index in [-0.39, 0.29) is 0 Å². The van der Waals surface area contributed by atoms with Crippen molar-refractivity contribution in [3.05, 3.63) is 59.8 Å². The van der Waals surface area contributed by atoms with Gasteiger partial charge in [-0.05, 0) is 17.7 Å². The van der Waals surface area contributed by atoms with E-state index in [1.165, 1.54) is 5.56 Å². The van der Waals surface area contributed by atoms with Crippen LogP contribution in [-0.4, -0.2) is 12.0 Å². The summed E-state index contributed by atoms with van der Waals surface area (Å²) in [6.45, 7) is 0. The van der Waals surface area contributed by atoms with Crippen LogP contribution in [0.2, 0.25) is 0 Å². The van der Waals surface area contributed by atoms with Crippen LogP contribution in [0, 0.1) is 0 Å². The number of nitrogens with zero attached hydrogens (tertiary/aromatic N) is 1. The summed E-state index contributed by atoms with van der Waals surface area (Å²) >= 11 is 0. The number of aromatic nitrogens is 1. The normalized spacial score (nSPS) is 9.93. The minimum absolute atomic E-state index is 0.885. The van der Waals surface area contributed by atoms with E-state index in [1.807, 2.05) is 31.3 Å². The van der Waals surface area contributed by atoms with E-state index < -0.39 is 0 Å². The second-order valence-electron chi connectivity index (χ2n) is 3.43. The molecule has 15 heavy (non-hydrogen) atoms. The Morgan fingerprint density at radius 1 is 1.00 bits per heavy atom. The highest BCUT2D eigenvalue weighted by atomic mass is 15.0. The summed E-state index contributed by atoms with van der Waals surface area (Å²) in [6, 6.07) is 16.4. The fraction of sp³-hybridized carbons (Fsp3) is 0.154. The Bertz CT molecular complexity index is 424. The Kier molecular flexibility index (Phi) is 2.98. The van der Waals surface area contributed by atoms with Crippen LogP contribution in [0.15, 0.2) is 48.5 Å². The third-order valence-corrected chi connectivity index (χ3v) is 2.29. The van der Waals surface area contributed by atoms with Gasteiger partial charge in [0.15, 0.2) is 0 Å². The quantitative estimate of drug-likeness (QED) is 0.820. The largest absolute Gasteiger partial charge is 0.373 e. The van der Waals surface area contributed by atoms with Crippen molar-refractivity contribution in [2.24, 2.45) is 0 Å². The van der Waals surface area contributed by atoms with Gasteiger partial charge in [-0.25, -0.2) is 4.98 Å². The van der Waals surface area contributed by atoms with E-state index in [1.54, 1.807) is 0 Å². The van der Waals surface area contributed by atoms with Gasteiger partial charge in [0.25, 0.3) is 0 Å². The van der Waals surface area contributed by atoms with Gasteiger partial charge in [-0.15, -0.1) is 0 Å². The fourth-order valence-corrected chi connectivity index (χ4v) is 1.52. The van der Waals surface area contributed by atoms with Crippen LogP contribution in [0.3, 0.4) is 0 Å². The van der Waals surface area contributed by atoms with Crippen LogP contribution >= 0.6 is 0 Å². The van der Waals surface area contributed by atoms with Crippen molar-refractivity contribution in [2.75, 3.05) is 12.4 Å². The SMILES string of the molecule is CNc1cccc(Cc2ccccc2)n1. The first kappa shape index (κ1) is 9.71. The summed E-state index contributed by atoms with van der Waals surface area (Å²) in [5.74, 6) is 0.920. The average Bonchev–Trinajstić information content (AvgIpc) is 2.31. The van der Waals surface area contributed by atoms with Crippen molar-refractivity contribution < 1.29 is 0 Å². The standard InChI is InChI=1S/C13H14N2/c1-14-13-9-5-8-12(15-13)10-11-6-3-2-4-7-11/h2-9H,10H2,1H3,(H,14,15). The minimum Gasteiger partial charge on any atom is -0.373 e. The maximum atomic E-state index is 4.48. The molecule has 1 aromatic heterocycles. The molecule has 0 bridgehead atoms. The smallest absolute Gasteiger partial charge is 0.125 e. The van der Waals surface area contributed by atoms with Gasteiger partial charge in [-0.2, -0.15) is 0 Å². The van der Waals surface area contributed by atoms with Crippen LogP contribution in [0.1, 0.15) is 11.3 Å². The number of benzene rings is 1. The van der Waals surface area contributed by atoms with Gasteiger partial charge in [-0.3, -0.25) is 0 Å². The second-order valence-corrected chi connectivity index (χ2v) is 3.43. The molecule has 0 saturated heterocycles. The third kappa shape index (κ3) is 2.56. The van der Waals surface area contributed by atoms with Crippen molar-refractivity contribution >= 4 is 5.82 Å². The first-order valence-electron chi connectivity index (χ1n) is 5.06. The Labute approximate surface area is 90.0 Å². The average molecular weight is 198 g/mol. The Balaban J connectivity index is 2.17. The molecule has 76 valence electrons. The van der Waals surface area contributed by atoms with Gasteiger partial charge in [-0.1, -0.05) is 36.4 Å². The maximum Gasteiger partial charge on any atom is 0.125 e. The number of hydrogen-bond donors (Lipinski definition) is 1. The number of rotatable bonds is 3. The van der Waals surface area contributed by atoms with Gasteiger partial charge < -0.3 is 5.32 Å². The molecule has 0 aliphatic heterocycles. The molecule has 0 unspecified atom stereocenters. The molecular formula is C13H14N2. The first-order valence-corrected chi connectivity index (χ1v) is 5.06. The predicted octanol–water partition coefficient (Wildman–Crippen LogP) is 2.71. The lowest BCUT2D eigenvalue weighted by Gasteiger charge is -2.03. The summed E-state index contributed by atoms with van der Waals surface area (Å²) in [6.07, 6.45) is 0.885. The molecule has 1 heterocycles. The highest BCUT2D eigenvalue weighted by Crippen LogP contribution is 2.09. The van der Waals surface area contributed by atoms with Crippen molar-refractivity contribution in [2.45, 2.75) is 6.42 Å². The third-order valence-electron chi connectivity index (χ3n) is 2.29. The van der Waals surface area contributed by atoms with E-state index in [0.717, 1.165) is 17.9 Å². The molecule has 0 saturated carbocycles. The van der Waals surface area contributed by atoms with Crippen LogP contribution < -0.4 is 5.32 Å². The van der Waals surface area contributed by atoms with Crippen molar-refractivity contribution in [1.82, 2.24) is 4.98 Å². The van der Waals surface area contributed by atoms with E-state index in [4.69, 9.17) is 0 Å². The topological polar surface area (TPSA) is 24.9 Å². The van der Waals surface area contributed by atoms with E-state index in [0.29, 0.717) is 0 Å². The van der Waals surface area contributed by atoms with Crippen LogP contribution in [-0.2, 0) is 6.42 Å². The van der Waals surface area contributed by atoms with Gasteiger partial charge in [0.2, 0.25) is 0 Å². The van der Waals surface area contributed by atoms with Gasteiger partial charge >= 0.3 is 0 Å². The number of nitrogens with one attached hydrogen (secondary N) is 1. The zero-order valence-corrected chi connectivity index (χ0v) is 8.77. The molecule has 0 fully saturated rings. The molecule has 2 rings (SSSR count). The van der Waals surface area contributed by atoms with Gasteiger partial charge in [0.05, 0.1) is 0 Å². The zero-order valence-electron chi connectivity index (χ0n) is 8.77. The number of pyridine rings is 1. The molecule has 0 atom stereocenters. The molecule has 2 nitrogen and oxygen atoms in total. The van der Waals surface area contributed by atoms with E-state index in [9.17, 15) is 0 Å². The monoisotopic (exact) mass is 198 g/mol. The molecule has 0 amide bonds. The predicted molar refractivity (Wildman–Crippen MR) is 63.0 cm³/mol. The maximum absolute atomic E-state index is 4.48. The van der Waals surface area contributed by atoms with Gasteiger partial charge in [0, 0.05) is 19.2 Å². The molecule has 0 radical (unpaired) electrons. The van der Waals surface area contributed by atoms with Crippen LogP contribution in [0.25, 0.3) is 0 Å². The molecule has 1 N–H and O–H groups in total. The molecular weight excluding hydrogens is 184 g/mol. The molecule has 2 aromatic rings. The molecule has 1 aromatic carbocycles. The van der Waals surface area contributed by atoms with E-state index >= 15 is 0 Å². The highest BCUT2D eigenvalue weighted by molar-refractivity contribution is 5.35. The molecule has 0 spiro atoms. The zero-order chi connectivity index (χ0) is 10.5. The number of anilines is 1. The summed E-state index contributed by atoms with van der Waals surface area (Å²) < 4.78 is 0. The second kappa shape index (κ2) is 4.60. The molecule has 2 heteroatoms. The molecule has 0 aliphatic carbocycles. The van der Waals surface area contributed by atoms with Crippen molar-refractivity contribution in [1.29, 1.82) is 0 Å². The Morgan fingerprint density at radius 2 is 1.80 bits per heavy atom. The summed E-state index contributed by atoms with van der Waals surface area (Å²) in [7, 11) is 1.88. The number of hydrogen-bond acceptors (Lipinski definition) is 2. The highest BCUT2D eigenvalue weighted by Gasteiger charge is 1.97. The van der Waals surface area contributed by atoms with Crippen LogP contribution in [0.5, 0.6) is 0 Å². The first-order chi connectivity index (χ1) is 7.38.